The summed E-state index contributed by atoms with van der Waals surface area (Å²) in [6.07, 6.45) is -0.818. The van der Waals surface area contributed by atoms with Gasteiger partial charge < -0.3 is 14.6 Å². The van der Waals surface area contributed by atoms with Gasteiger partial charge in [0.2, 0.25) is 0 Å². The highest BCUT2D eigenvalue weighted by Crippen LogP contribution is 2.30. The van der Waals surface area contributed by atoms with Crippen molar-refractivity contribution in [3.63, 3.8) is 0 Å². The third kappa shape index (κ3) is 3.93. The van der Waals surface area contributed by atoms with Gasteiger partial charge in [0.05, 0.1) is 31.3 Å². The Kier molecular flexibility index (Phi) is 5.55. The number of ether oxygens (including phenoxy) is 2. The molecule has 1 N–H and O–H groups in total. The second-order valence-electron chi connectivity index (χ2n) is 7.11. The molecule has 0 saturated heterocycles. The summed E-state index contributed by atoms with van der Waals surface area (Å²) in [6, 6.07) is 25.2. The highest BCUT2D eigenvalue weighted by molar-refractivity contribution is 5.64. The first-order valence-electron chi connectivity index (χ1n) is 9.72. The van der Waals surface area contributed by atoms with Gasteiger partial charge in [-0.25, -0.2) is 4.68 Å². The van der Waals surface area contributed by atoms with E-state index in [1.54, 1.807) is 14.2 Å². The Labute approximate surface area is 176 Å². The fourth-order valence-electron chi connectivity index (χ4n) is 3.34. The van der Waals surface area contributed by atoms with Crippen LogP contribution in [0.15, 0.2) is 78.9 Å². The number of benzene rings is 3. The van der Waals surface area contributed by atoms with Gasteiger partial charge in [0.15, 0.2) is 0 Å². The molecule has 0 bridgehead atoms. The standard InChI is InChI=1S/C25H24N2O3/c1-17-4-6-19(7-5-17)25(28)23-16-24(18-8-12-21(29-2)13-9-18)27(26-23)20-10-14-22(30-3)15-11-20/h4-16,25,28H,1-3H3. The van der Waals surface area contributed by atoms with Crippen molar-refractivity contribution in [2.75, 3.05) is 14.2 Å². The summed E-state index contributed by atoms with van der Waals surface area (Å²) in [4.78, 5) is 0. The highest BCUT2D eigenvalue weighted by Gasteiger charge is 2.19. The van der Waals surface area contributed by atoms with Crippen LogP contribution in [0.4, 0.5) is 0 Å². The number of hydrogen-bond donors (Lipinski definition) is 1. The Balaban J connectivity index is 1.80. The lowest BCUT2D eigenvalue weighted by Gasteiger charge is -2.10. The fourth-order valence-corrected chi connectivity index (χ4v) is 3.34. The maximum absolute atomic E-state index is 11.0. The zero-order valence-corrected chi connectivity index (χ0v) is 17.2. The quantitative estimate of drug-likeness (QED) is 0.498. The van der Waals surface area contributed by atoms with E-state index in [0.29, 0.717) is 5.69 Å². The second-order valence-corrected chi connectivity index (χ2v) is 7.11. The molecule has 0 saturated carbocycles. The van der Waals surface area contributed by atoms with E-state index < -0.39 is 6.10 Å². The Hall–Kier alpha value is -3.57. The zero-order valence-electron chi connectivity index (χ0n) is 17.2. The monoisotopic (exact) mass is 400 g/mol. The van der Waals surface area contributed by atoms with Crippen LogP contribution in [0.25, 0.3) is 16.9 Å². The van der Waals surface area contributed by atoms with Crippen molar-refractivity contribution in [3.05, 3.63) is 95.7 Å². The van der Waals surface area contributed by atoms with Crippen LogP contribution >= 0.6 is 0 Å². The van der Waals surface area contributed by atoms with Crippen molar-refractivity contribution >= 4 is 0 Å². The summed E-state index contributed by atoms with van der Waals surface area (Å²) in [5, 5.41) is 15.7. The fraction of sp³-hybridized carbons (Fsp3) is 0.160. The van der Waals surface area contributed by atoms with Crippen LogP contribution in [0.1, 0.15) is 22.9 Å². The molecule has 0 spiro atoms. The van der Waals surface area contributed by atoms with Crippen molar-refractivity contribution in [2.24, 2.45) is 0 Å². The zero-order chi connectivity index (χ0) is 21.1. The molecule has 0 aliphatic carbocycles. The predicted octanol–water partition coefficient (Wildman–Crippen LogP) is 4.95. The summed E-state index contributed by atoms with van der Waals surface area (Å²) in [5.41, 5.74) is 5.27. The van der Waals surface area contributed by atoms with Crippen LogP contribution < -0.4 is 9.47 Å². The molecule has 0 aliphatic heterocycles. The summed E-state index contributed by atoms with van der Waals surface area (Å²) < 4.78 is 12.4. The minimum Gasteiger partial charge on any atom is -0.497 e. The van der Waals surface area contributed by atoms with Crippen LogP contribution in [0.3, 0.4) is 0 Å². The average molecular weight is 400 g/mol. The average Bonchev–Trinajstić information content (AvgIpc) is 3.24. The normalized spacial score (nSPS) is 11.9. The Morgan fingerprint density at radius 2 is 1.37 bits per heavy atom. The van der Waals surface area contributed by atoms with Gasteiger partial charge in [0, 0.05) is 5.56 Å². The number of aliphatic hydroxyl groups is 1. The van der Waals surface area contributed by atoms with Crippen molar-refractivity contribution < 1.29 is 14.6 Å². The third-order valence-corrected chi connectivity index (χ3v) is 5.10. The van der Waals surface area contributed by atoms with Crippen LogP contribution in [-0.4, -0.2) is 29.1 Å². The maximum atomic E-state index is 11.0. The maximum Gasteiger partial charge on any atom is 0.123 e. The van der Waals surface area contributed by atoms with Crippen molar-refractivity contribution in [1.29, 1.82) is 0 Å². The molecule has 1 unspecified atom stereocenters. The van der Waals surface area contributed by atoms with E-state index in [9.17, 15) is 5.11 Å². The summed E-state index contributed by atoms with van der Waals surface area (Å²) in [5.74, 6) is 1.56. The molecule has 0 amide bonds. The van der Waals surface area contributed by atoms with Gasteiger partial charge in [0.1, 0.15) is 17.6 Å². The number of aromatic nitrogens is 2. The Bertz CT molecular complexity index is 1050. The minimum atomic E-state index is -0.818. The van der Waals surface area contributed by atoms with Crippen LogP contribution in [0.2, 0.25) is 0 Å². The molecule has 1 atom stereocenters. The molecule has 30 heavy (non-hydrogen) atoms. The third-order valence-electron chi connectivity index (χ3n) is 5.10. The minimum absolute atomic E-state index is 0.584. The molecular weight excluding hydrogens is 376 g/mol. The summed E-state index contributed by atoms with van der Waals surface area (Å²) in [7, 11) is 3.29. The van der Waals surface area contributed by atoms with Crippen molar-refractivity contribution in [2.45, 2.75) is 13.0 Å². The van der Waals surface area contributed by atoms with Gasteiger partial charge in [-0.2, -0.15) is 5.10 Å². The van der Waals surface area contributed by atoms with E-state index in [-0.39, 0.29) is 0 Å². The second kappa shape index (κ2) is 8.43. The van der Waals surface area contributed by atoms with Crippen LogP contribution in [0.5, 0.6) is 11.5 Å². The van der Waals surface area contributed by atoms with Gasteiger partial charge in [-0.1, -0.05) is 29.8 Å². The summed E-state index contributed by atoms with van der Waals surface area (Å²) in [6.45, 7) is 2.02. The highest BCUT2D eigenvalue weighted by atomic mass is 16.5. The van der Waals surface area contributed by atoms with E-state index in [4.69, 9.17) is 14.6 Å². The molecule has 1 heterocycles. The number of nitrogens with zero attached hydrogens (tertiary/aromatic N) is 2. The molecule has 152 valence electrons. The Morgan fingerprint density at radius 3 is 1.93 bits per heavy atom. The van der Waals surface area contributed by atoms with E-state index in [1.807, 2.05) is 90.5 Å². The number of rotatable bonds is 6. The molecule has 0 fully saturated rings. The summed E-state index contributed by atoms with van der Waals surface area (Å²) >= 11 is 0. The molecule has 3 aromatic carbocycles. The molecule has 0 radical (unpaired) electrons. The molecule has 5 nitrogen and oxygen atoms in total. The SMILES string of the molecule is COc1ccc(-c2cc(C(O)c3ccc(C)cc3)nn2-c2ccc(OC)cc2)cc1. The lowest BCUT2D eigenvalue weighted by molar-refractivity contribution is 0.214. The van der Waals surface area contributed by atoms with E-state index >= 15 is 0 Å². The Morgan fingerprint density at radius 1 is 0.800 bits per heavy atom. The van der Waals surface area contributed by atoms with Gasteiger partial charge in [-0.15, -0.1) is 0 Å². The van der Waals surface area contributed by atoms with E-state index in [0.717, 1.165) is 39.6 Å². The van der Waals surface area contributed by atoms with Gasteiger partial charge in [-0.05, 0) is 67.1 Å². The molecule has 0 aliphatic rings. The van der Waals surface area contributed by atoms with Crippen molar-refractivity contribution in [1.82, 2.24) is 9.78 Å². The number of aliphatic hydroxyl groups excluding tert-OH is 1. The number of methoxy groups -OCH3 is 2. The van der Waals surface area contributed by atoms with Gasteiger partial charge in [-0.3, -0.25) is 0 Å². The molecular formula is C25H24N2O3. The smallest absolute Gasteiger partial charge is 0.123 e. The largest absolute Gasteiger partial charge is 0.497 e. The molecule has 4 aromatic rings. The molecule has 5 heteroatoms. The lowest BCUT2D eigenvalue weighted by atomic mass is 10.0. The molecule has 4 rings (SSSR count). The first-order chi connectivity index (χ1) is 14.6. The topological polar surface area (TPSA) is 56.5 Å². The molecule has 1 aromatic heterocycles. The van der Waals surface area contributed by atoms with Crippen LogP contribution in [0, 0.1) is 6.92 Å². The first kappa shape index (κ1) is 19.7. The van der Waals surface area contributed by atoms with Crippen LogP contribution in [-0.2, 0) is 0 Å². The number of aryl methyl sites for hydroxylation is 1. The first-order valence-corrected chi connectivity index (χ1v) is 9.72. The number of hydrogen-bond acceptors (Lipinski definition) is 4. The van der Waals surface area contributed by atoms with Gasteiger partial charge in [0.25, 0.3) is 0 Å². The van der Waals surface area contributed by atoms with E-state index in [1.165, 1.54) is 0 Å². The lowest BCUT2D eigenvalue weighted by Crippen LogP contribution is -2.03. The van der Waals surface area contributed by atoms with Crippen molar-refractivity contribution in [3.8, 4) is 28.4 Å². The van der Waals surface area contributed by atoms with Gasteiger partial charge >= 0.3 is 0 Å². The van der Waals surface area contributed by atoms with E-state index in [2.05, 4.69) is 0 Å². The predicted molar refractivity (Wildman–Crippen MR) is 117 cm³/mol.